The summed E-state index contributed by atoms with van der Waals surface area (Å²) in [5.74, 6) is 0. The van der Waals surface area contributed by atoms with E-state index in [2.05, 4.69) is 34.8 Å². The van der Waals surface area contributed by atoms with Gasteiger partial charge in [-0.2, -0.15) is 0 Å². The first-order valence-electron chi connectivity index (χ1n) is 4.01. The molecule has 0 saturated carbocycles. The van der Waals surface area contributed by atoms with Crippen molar-refractivity contribution in [1.29, 1.82) is 0 Å². The summed E-state index contributed by atoms with van der Waals surface area (Å²) in [6, 6.07) is 6.00. The Morgan fingerprint density at radius 1 is 1.58 bits per heavy atom. The first kappa shape index (κ1) is 10.1. The molecule has 66 valence electrons. The molecule has 1 aromatic rings. The minimum atomic E-state index is 0.645. The molecular formula is C9H12BrNS. The van der Waals surface area contributed by atoms with Crippen LogP contribution in [0.2, 0.25) is 0 Å². The number of aromatic nitrogens is 1. The molecular weight excluding hydrogens is 234 g/mol. The molecule has 1 heterocycles. The average molecular weight is 246 g/mol. The maximum atomic E-state index is 4.34. The quantitative estimate of drug-likeness (QED) is 0.595. The van der Waals surface area contributed by atoms with Gasteiger partial charge in [-0.15, -0.1) is 11.8 Å². The highest BCUT2D eigenvalue weighted by Crippen LogP contribution is 2.23. The second-order valence-corrected chi connectivity index (χ2v) is 4.91. The van der Waals surface area contributed by atoms with E-state index in [4.69, 9.17) is 0 Å². The Morgan fingerprint density at radius 3 is 2.92 bits per heavy atom. The molecule has 1 atom stereocenters. The summed E-state index contributed by atoms with van der Waals surface area (Å²) in [5.41, 5.74) is 0. The monoisotopic (exact) mass is 245 g/mol. The van der Waals surface area contributed by atoms with Crippen molar-refractivity contribution in [3.63, 3.8) is 0 Å². The van der Waals surface area contributed by atoms with E-state index in [1.54, 1.807) is 0 Å². The van der Waals surface area contributed by atoms with Crippen LogP contribution in [-0.4, -0.2) is 10.2 Å². The second-order valence-electron chi connectivity index (χ2n) is 2.64. The predicted octanol–water partition coefficient (Wildman–Crippen LogP) is 3.73. The summed E-state index contributed by atoms with van der Waals surface area (Å²) >= 11 is 5.17. The Bertz CT molecular complexity index is 252. The van der Waals surface area contributed by atoms with E-state index in [1.165, 1.54) is 6.42 Å². The largest absolute Gasteiger partial charge is 0.235 e. The summed E-state index contributed by atoms with van der Waals surface area (Å²) in [6.45, 7) is 4.41. The molecule has 0 aromatic carbocycles. The Morgan fingerprint density at radius 2 is 2.33 bits per heavy atom. The highest BCUT2D eigenvalue weighted by Gasteiger charge is 2.02. The lowest BCUT2D eigenvalue weighted by Gasteiger charge is -2.06. The first-order valence-corrected chi connectivity index (χ1v) is 5.69. The van der Waals surface area contributed by atoms with Crippen LogP contribution in [0.3, 0.4) is 0 Å². The smallest absolute Gasteiger partial charge is 0.107 e. The second kappa shape index (κ2) is 4.87. The molecule has 1 nitrogen and oxygen atoms in total. The molecule has 0 aliphatic rings. The molecule has 0 amide bonds. The summed E-state index contributed by atoms with van der Waals surface area (Å²) in [7, 11) is 0. The normalized spacial score (nSPS) is 12.9. The van der Waals surface area contributed by atoms with Crippen LogP contribution in [0.15, 0.2) is 27.8 Å². The van der Waals surface area contributed by atoms with Crippen LogP contribution in [0, 0.1) is 0 Å². The third kappa shape index (κ3) is 3.15. The third-order valence-electron chi connectivity index (χ3n) is 1.59. The topological polar surface area (TPSA) is 12.9 Å². The van der Waals surface area contributed by atoms with Gasteiger partial charge in [-0.1, -0.05) is 19.9 Å². The van der Waals surface area contributed by atoms with E-state index in [9.17, 15) is 0 Å². The van der Waals surface area contributed by atoms with Crippen molar-refractivity contribution >= 4 is 27.7 Å². The molecule has 1 unspecified atom stereocenters. The number of thioether (sulfide) groups is 1. The minimum Gasteiger partial charge on any atom is -0.235 e. The summed E-state index contributed by atoms with van der Waals surface area (Å²) < 4.78 is 0.913. The van der Waals surface area contributed by atoms with Gasteiger partial charge in [0.15, 0.2) is 0 Å². The maximum Gasteiger partial charge on any atom is 0.107 e. The van der Waals surface area contributed by atoms with Gasteiger partial charge in [0.25, 0.3) is 0 Å². The van der Waals surface area contributed by atoms with Crippen LogP contribution >= 0.6 is 27.7 Å². The first-order chi connectivity index (χ1) is 5.72. The molecule has 12 heavy (non-hydrogen) atoms. The van der Waals surface area contributed by atoms with Crippen LogP contribution in [0.25, 0.3) is 0 Å². The lowest BCUT2D eigenvalue weighted by molar-refractivity contribution is 0.900. The lowest BCUT2D eigenvalue weighted by atomic mass is 10.4. The molecule has 0 N–H and O–H groups in total. The maximum absolute atomic E-state index is 4.34. The van der Waals surface area contributed by atoms with Crippen LogP contribution in [0.5, 0.6) is 0 Å². The summed E-state index contributed by atoms with van der Waals surface area (Å²) in [4.78, 5) is 4.34. The Balaban J connectivity index is 2.63. The van der Waals surface area contributed by atoms with Crippen molar-refractivity contribution in [2.75, 3.05) is 0 Å². The SMILES string of the molecule is CCC(C)Sc1cccc(Br)n1. The van der Waals surface area contributed by atoms with Crippen molar-refractivity contribution in [2.45, 2.75) is 30.5 Å². The number of pyridine rings is 1. The number of halogens is 1. The molecule has 0 spiro atoms. The van der Waals surface area contributed by atoms with Gasteiger partial charge in [0.05, 0.1) is 5.03 Å². The Labute approximate surface area is 86.1 Å². The van der Waals surface area contributed by atoms with Gasteiger partial charge in [0.1, 0.15) is 4.60 Å². The average Bonchev–Trinajstić information content (AvgIpc) is 2.04. The van der Waals surface area contributed by atoms with Gasteiger partial charge in [0.2, 0.25) is 0 Å². The van der Waals surface area contributed by atoms with Crippen LogP contribution in [-0.2, 0) is 0 Å². The highest BCUT2D eigenvalue weighted by molar-refractivity contribution is 9.10. The van der Waals surface area contributed by atoms with E-state index in [0.717, 1.165) is 9.63 Å². The number of nitrogens with zero attached hydrogens (tertiary/aromatic N) is 1. The minimum absolute atomic E-state index is 0.645. The van der Waals surface area contributed by atoms with Crippen molar-refractivity contribution < 1.29 is 0 Å². The molecule has 1 aromatic heterocycles. The molecule has 1 rings (SSSR count). The number of hydrogen-bond acceptors (Lipinski definition) is 2. The summed E-state index contributed by atoms with van der Waals surface area (Å²) in [5, 5.41) is 1.74. The van der Waals surface area contributed by atoms with Gasteiger partial charge >= 0.3 is 0 Å². The standard InChI is InChI=1S/C9H12BrNS/c1-3-7(2)12-9-6-4-5-8(10)11-9/h4-7H,3H2,1-2H3. The zero-order valence-corrected chi connectivity index (χ0v) is 9.65. The third-order valence-corrected chi connectivity index (χ3v) is 3.23. The highest BCUT2D eigenvalue weighted by atomic mass is 79.9. The van der Waals surface area contributed by atoms with E-state index < -0.39 is 0 Å². The van der Waals surface area contributed by atoms with Gasteiger partial charge in [0, 0.05) is 5.25 Å². The van der Waals surface area contributed by atoms with Gasteiger partial charge < -0.3 is 0 Å². The molecule has 0 radical (unpaired) electrons. The molecule has 3 heteroatoms. The number of hydrogen-bond donors (Lipinski definition) is 0. The molecule has 0 fully saturated rings. The molecule has 0 aliphatic heterocycles. The Kier molecular flexibility index (Phi) is 4.09. The predicted molar refractivity (Wildman–Crippen MR) is 57.5 cm³/mol. The van der Waals surface area contributed by atoms with E-state index in [1.807, 2.05) is 30.0 Å². The van der Waals surface area contributed by atoms with Gasteiger partial charge in [-0.05, 0) is 34.5 Å². The molecule has 0 saturated heterocycles. The number of rotatable bonds is 3. The molecule has 0 aliphatic carbocycles. The van der Waals surface area contributed by atoms with Crippen LogP contribution < -0.4 is 0 Å². The molecule has 0 bridgehead atoms. The fraction of sp³-hybridized carbons (Fsp3) is 0.444. The van der Waals surface area contributed by atoms with Crippen LogP contribution in [0.4, 0.5) is 0 Å². The van der Waals surface area contributed by atoms with Gasteiger partial charge in [-0.3, -0.25) is 0 Å². The zero-order chi connectivity index (χ0) is 8.97. The fourth-order valence-electron chi connectivity index (χ4n) is 0.745. The summed E-state index contributed by atoms with van der Waals surface area (Å²) in [6.07, 6.45) is 1.18. The van der Waals surface area contributed by atoms with E-state index in [-0.39, 0.29) is 0 Å². The van der Waals surface area contributed by atoms with E-state index >= 15 is 0 Å². The van der Waals surface area contributed by atoms with E-state index in [0.29, 0.717) is 5.25 Å². The van der Waals surface area contributed by atoms with Crippen molar-refractivity contribution in [3.8, 4) is 0 Å². The van der Waals surface area contributed by atoms with Crippen LogP contribution in [0.1, 0.15) is 20.3 Å². The van der Waals surface area contributed by atoms with Crippen molar-refractivity contribution in [2.24, 2.45) is 0 Å². The fourth-order valence-corrected chi connectivity index (χ4v) is 2.09. The lowest BCUT2D eigenvalue weighted by Crippen LogP contribution is -1.93. The van der Waals surface area contributed by atoms with Gasteiger partial charge in [-0.25, -0.2) is 4.98 Å². The zero-order valence-electron chi connectivity index (χ0n) is 7.25. The van der Waals surface area contributed by atoms with Crippen molar-refractivity contribution in [1.82, 2.24) is 4.98 Å². The van der Waals surface area contributed by atoms with Crippen molar-refractivity contribution in [3.05, 3.63) is 22.8 Å². The Hall–Kier alpha value is -0.0200.